The smallest absolute Gasteiger partial charge is 0.354 e. The van der Waals surface area contributed by atoms with Gasteiger partial charge in [-0.25, -0.2) is 13.6 Å². The second-order valence-electron chi connectivity index (χ2n) is 11.8. The van der Waals surface area contributed by atoms with Gasteiger partial charge in [-0.05, 0) is 43.5 Å². The molecule has 0 radical (unpaired) electrons. The SMILES string of the molecule is C=CC(=O)N1CC2C(=O)Nc3c(Cl)c(-c4c(N)c(Cl)cc(Cl)c4F)c(F)c4c3c(nc(=O)n4-c3c(C)ccnc3C(C)C)N2CC1C. The summed E-state index contributed by atoms with van der Waals surface area (Å²) in [7, 11) is 0. The van der Waals surface area contributed by atoms with Crippen molar-refractivity contribution in [3.05, 3.63) is 79.4 Å². The van der Waals surface area contributed by atoms with Crippen molar-refractivity contribution in [1.29, 1.82) is 0 Å². The number of pyridine rings is 1. The summed E-state index contributed by atoms with van der Waals surface area (Å²) < 4.78 is 34.4. The van der Waals surface area contributed by atoms with Crippen LogP contribution in [0, 0.1) is 18.6 Å². The summed E-state index contributed by atoms with van der Waals surface area (Å²) in [4.78, 5) is 52.8. The molecule has 2 unspecified atom stereocenters. The number of aromatic nitrogens is 3. The predicted octanol–water partition coefficient (Wildman–Crippen LogP) is 6.24. The Morgan fingerprint density at radius 3 is 2.51 bits per heavy atom. The van der Waals surface area contributed by atoms with Crippen molar-refractivity contribution in [1.82, 2.24) is 19.4 Å². The molecule has 2 aliphatic rings. The van der Waals surface area contributed by atoms with Gasteiger partial charge in [-0.15, -0.1) is 0 Å². The molecule has 2 aromatic heterocycles. The Kier molecular flexibility index (Phi) is 8.18. The number of nitrogen functional groups attached to an aromatic ring is 1. The number of rotatable bonds is 4. The number of benzene rings is 2. The Morgan fingerprint density at radius 2 is 1.85 bits per heavy atom. The average molecular weight is 703 g/mol. The minimum atomic E-state index is -1.14. The minimum Gasteiger partial charge on any atom is -0.397 e. The standard InChI is InChI=1S/C32H28Cl3F2N7O3/c1-6-18(45)42-11-17-31(46)40-27-21-29(24(37)19(22(27)35)20-23(36)15(33)9-16(34)25(20)38)44(28-13(4)7-8-39-26(28)12(2)3)32(47)41-30(21)43(17)10-14(42)5/h6-9,12,14,17H,1,10-11,38H2,2-5H3,(H,40,46). The molecule has 2 amide bonds. The van der Waals surface area contributed by atoms with E-state index < -0.39 is 62.4 Å². The van der Waals surface area contributed by atoms with E-state index in [0.29, 0.717) is 11.3 Å². The van der Waals surface area contributed by atoms with Crippen LogP contribution in [0.15, 0.2) is 35.8 Å². The summed E-state index contributed by atoms with van der Waals surface area (Å²) in [5, 5.41) is 1.68. The number of nitrogens with one attached hydrogen (secondary N) is 1. The zero-order valence-electron chi connectivity index (χ0n) is 25.6. The number of hydrogen-bond donors (Lipinski definition) is 2. The molecule has 0 bridgehead atoms. The van der Waals surface area contributed by atoms with Crippen LogP contribution in [0.1, 0.15) is 37.9 Å². The topological polar surface area (TPSA) is 126 Å². The summed E-state index contributed by atoms with van der Waals surface area (Å²) in [6.45, 7) is 10.7. The van der Waals surface area contributed by atoms with Gasteiger partial charge in [-0.1, -0.05) is 55.2 Å². The Morgan fingerprint density at radius 1 is 1.15 bits per heavy atom. The summed E-state index contributed by atoms with van der Waals surface area (Å²) >= 11 is 19.3. The molecule has 244 valence electrons. The monoisotopic (exact) mass is 701 g/mol. The van der Waals surface area contributed by atoms with Gasteiger partial charge in [-0.2, -0.15) is 4.98 Å². The van der Waals surface area contributed by atoms with Crippen molar-refractivity contribution in [3.63, 3.8) is 0 Å². The van der Waals surface area contributed by atoms with Gasteiger partial charge in [0, 0.05) is 29.9 Å². The highest BCUT2D eigenvalue weighted by Crippen LogP contribution is 2.50. The first-order valence-electron chi connectivity index (χ1n) is 14.6. The van der Waals surface area contributed by atoms with E-state index in [2.05, 4.69) is 21.9 Å². The van der Waals surface area contributed by atoms with Gasteiger partial charge in [0.1, 0.15) is 17.4 Å². The summed E-state index contributed by atoms with van der Waals surface area (Å²) in [5.41, 5.74) is 4.58. The van der Waals surface area contributed by atoms with E-state index in [1.807, 2.05) is 13.8 Å². The molecule has 0 aliphatic carbocycles. The molecular formula is C32H28Cl3F2N7O3. The van der Waals surface area contributed by atoms with E-state index in [1.54, 1.807) is 31.0 Å². The van der Waals surface area contributed by atoms with Gasteiger partial charge in [0.15, 0.2) is 11.6 Å². The largest absolute Gasteiger partial charge is 0.397 e. The van der Waals surface area contributed by atoms with Crippen LogP contribution in [0.4, 0.5) is 26.0 Å². The zero-order chi connectivity index (χ0) is 34.2. The molecular weight excluding hydrogens is 675 g/mol. The van der Waals surface area contributed by atoms with Crippen molar-refractivity contribution < 1.29 is 18.4 Å². The molecule has 2 aromatic carbocycles. The molecule has 2 atom stereocenters. The van der Waals surface area contributed by atoms with Crippen molar-refractivity contribution >= 4 is 74.7 Å². The van der Waals surface area contributed by atoms with E-state index in [4.69, 9.17) is 40.5 Å². The van der Waals surface area contributed by atoms with E-state index in [0.717, 1.165) is 16.7 Å². The number of aryl methyl sites for hydroxylation is 1. The molecule has 4 aromatic rings. The minimum absolute atomic E-state index is 0.0209. The Labute approximate surface area is 282 Å². The highest BCUT2D eigenvalue weighted by atomic mass is 35.5. The maximum absolute atomic E-state index is 17.5. The van der Waals surface area contributed by atoms with Crippen molar-refractivity contribution in [2.45, 2.75) is 45.7 Å². The fraction of sp³-hybridized carbons (Fsp3) is 0.281. The van der Waals surface area contributed by atoms with Crippen LogP contribution in [0.3, 0.4) is 0 Å². The second-order valence-corrected chi connectivity index (χ2v) is 13.0. The lowest BCUT2D eigenvalue weighted by Gasteiger charge is -2.44. The molecule has 3 N–H and O–H groups in total. The van der Waals surface area contributed by atoms with E-state index in [-0.39, 0.29) is 57.8 Å². The van der Waals surface area contributed by atoms with Gasteiger partial charge in [0.05, 0.1) is 49.8 Å². The van der Waals surface area contributed by atoms with Gasteiger partial charge in [0.2, 0.25) is 11.8 Å². The van der Waals surface area contributed by atoms with Crippen LogP contribution in [0.25, 0.3) is 27.7 Å². The first-order chi connectivity index (χ1) is 22.2. The Bertz CT molecular complexity index is 2090. The Hall–Kier alpha value is -4.26. The molecule has 4 heterocycles. The van der Waals surface area contributed by atoms with Gasteiger partial charge < -0.3 is 20.9 Å². The quantitative estimate of drug-likeness (QED) is 0.146. The van der Waals surface area contributed by atoms with Gasteiger partial charge in [-0.3, -0.25) is 19.1 Å². The van der Waals surface area contributed by atoms with Crippen molar-refractivity contribution in [3.8, 4) is 16.8 Å². The number of fused-ring (bicyclic) bond motifs is 2. The maximum atomic E-state index is 17.5. The van der Waals surface area contributed by atoms with Gasteiger partial charge in [0.25, 0.3) is 0 Å². The molecule has 1 fully saturated rings. The van der Waals surface area contributed by atoms with Crippen LogP contribution in [0.2, 0.25) is 15.1 Å². The first kappa shape index (κ1) is 32.7. The molecule has 15 heteroatoms. The molecule has 47 heavy (non-hydrogen) atoms. The highest BCUT2D eigenvalue weighted by Gasteiger charge is 2.43. The molecule has 2 aliphatic heterocycles. The summed E-state index contributed by atoms with van der Waals surface area (Å²) in [6.07, 6.45) is 2.71. The van der Waals surface area contributed by atoms with Crippen LogP contribution in [0.5, 0.6) is 0 Å². The average Bonchev–Trinajstić information content (AvgIpc) is 3.13. The van der Waals surface area contributed by atoms with Crippen LogP contribution < -0.4 is 21.6 Å². The molecule has 10 nitrogen and oxygen atoms in total. The van der Waals surface area contributed by atoms with Crippen molar-refractivity contribution in [2.24, 2.45) is 0 Å². The van der Waals surface area contributed by atoms with Crippen molar-refractivity contribution in [2.75, 3.05) is 29.0 Å². The third-order valence-corrected chi connectivity index (χ3v) is 9.56. The lowest BCUT2D eigenvalue weighted by molar-refractivity contribution is -0.130. The van der Waals surface area contributed by atoms with Crippen LogP contribution >= 0.6 is 34.8 Å². The molecule has 0 spiro atoms. The first-order valence-corrected chi connectivity index (χ1v) is 15.7. The summed E-state index contributed by atoms with van der Waals surface area (Å²) in [5.74, 6) is -3.56. The number of hydrogen-bond acceptors (Lipinski definition) is 7. The predicted molar refractivity (Wildman–Crippen MR) is 180 cm³/mol. The fourth-order valence-corrected chi connectivity index (χ4v) is 7.14. The number of piperazine rings is 1. The maximum Gasteiger partial charge on any atom is 0.354 e. The fourth-order valence-electron chi connectivity index (χ4n) is 6.35. The third-order valence-electron chi connectivity index (χ3n) is 8.60. The van der Waals surface area contributed by atoms with Crippen LogP contribution in [-0.2, 0) is 9.59 Å². The number of nitrogens with two attached hydrogens (primary N) is 1. The van der Waals surface area contributed by atoms with E-state index in [9.17, 15) is 14.4 Å². The number of carbonyl (C=O) groups is 2. The summed E-state index contributed by atoms with van der Waals surface area (Å²) in [6, 6.07) is 1.21. The van der Waals surface area contributed by atoms with Gasteiger partial charge >= 0.3 is 5.69 Å². The lowest BCUT2D eigenvalue weighted by Crippen LogP contribution is -2.62. The number of anilines is 3. The lowest BCUT2D eigenvalue weighted by atomic mass is 9.97. The second kappa shape index (κ2) is 11.8. The molecule has 6 rings (SSSR count). The highest BCUT2D eigenvalue weighted by molar-refractivity contribution is 6.41. The zero-order valence-corrected chi connectivity index (χ0v) is 27.9. The molecule has 1 saturated heterocycles. The third kappa shape index (κ3) is 4.92. The van der Waals surface area contributed by atoms with E-state index >= 15 is 8.78 Å². The number of halogens is 5. The van der Waals surface area contributed by atoms with Crippen LogP contribution in [-0.4, -0.2) is 56.4 Å². The number of carbonyl (C=O) groups excluding carboxylic acids is 2. The number of nitrogens with zero attached hydrogens (tertiary/aromatic N) is 5. The Balaban J connectivity index is 1.82. The normalized spacial score (nSPS) is 17.5. The molecule has 0 saturated carbocycles. The number of amides is 2. The van der Waals surface area contributed by atoms with E-state index in [1.165, 1.54) is 4.90 Å².